The summed E-state index contributed by atoms with van der Waals surface area (Å²) in [6.45, 7) is 2.87. The molecule has 0 amide bonds. The minimum atomic E-state index is -1.02. The van der Waals surface area contributed by atoms with E-state index in [2.05, 4.69) is 0 Å². The zero-order valence-electron chi connectivity index (χ0n) is 24.3. The van der Waals surface area contributed by atoms with Crippen molar-refractivity contribution in [3.63, 3.8) is 0 Å². The van der Waals surface area contributed by atoms with Crippen molar-refractivity contribution >= 4 is 5.97 Å². The van der Waals surface area contributed by atoms with Gasteiger partial charge in [-0.2, -0.15) is 0 Å². The Morgan fingerprint density at radius 1 is 0.558 bits per heavy atom. The van der Waals surface area contributed by atoms with Gasteiger partial charge in [0.05, 0.1) is 33.0 Å². The molecule has 0 N–H and O–H groups in total. The highest BCUT2D eigenvalue weighted by molar-refractivity contribution is 5.66. The first kappa shape index (κ1) is 30.6. The molecule has 5 atom stereocenters. The summed E-state index contributed by atoms with van der Waals surface area (Å²) in [5.74, 6) is -0.479. The molecule has 7 nitrogen and oxygen atoms in total. The topological polar surface area (TPSA) is 72.5 Å². The van der Waals surface area contributed by atoms with E-state index in [0.29, 0.717) is 19.8 Å². The number of benzene rings is 4. The Hall–Kier alpha value is -3.85. The fourth-order valence-corrected chi connectivity index (χ4v) is 5.01. The van der Waals surface area contributed by atoms with Gasteiger partial charge >= 0.3 is 5.97 Å². The lowest BCUT2D eigenvalue weighted by molar-refractivity contribution is -0.320. The van der Waals surface area contributed by atoms with Gasteiger partial charge in [-0.15, -0.1) is 0 Å². The molecule has 0 bridgehead atoms. The predicted octanol–water partition coefficient (Wildman–Crippen LogP) is 6.25. The van der Waals surface area contributed by atoms with Gasteiger partial charge in [0.15, 0.2) is 0 Å². The summed E-state index contributed by atoms with van der Waals surface area (Å²) < 4.78 is 37.9. The molecule has 0 radical (unpaired) electrons. The first-order valence-corrected chi connectivity index (χ1v) is 14.6. The monoisotopic (exact) mass is 582 g/mol. The van der Waals surface area contributed by atoms with E-state index in [1.165, 1.54) is 6.92 Å². The summed E-state index contributed by atoms with van der Waals surface area (Å²) in [7, 11) is 0. The lowest BCUT2D eigenvalue weighted by atomic mass is 9.97. The highest BCUT2D eigenvalue weighted by Crippen LogP contribution is 2.31. The summed E-state index contributed by atoms with van der Waals surface area (Å²) in [4.78, 5) is 12.3. The normalized spacial score (nSPS) is 21.7. The van der Waals surface area contributed by atoms with Gasteiger partial charge in [0.25, 0.3) is 0 Å². The Morgan fingerprint density at radius 3 is 1.40 bits per heavy atom. The van der Waals surface area contributed by atoms with Gasteiger partial charge in [-0.1, -0.05) is 121 Å². The highest BCUT2D eigenvalue weighted by atomic mass is 16.7. The van der Waals surface area contributed by atoms with E-state index in [1.807, 2.05) is 121 Å². The molecular weight excluding hydrogens is 544 g/mol. The van der Waals surface area contributed by atoms with E-state index < -0.39 is 36.7 Å². The first-order chi connectivity index (χ1) is 21.2. The van der Waals surface area contributed by atoms with Gasteiger partial charge in [0.1, 0.15) is 24.4 Å². The molecule has 0 saturated carbocycles. The van der Waals surface area contributed by atoms with E-state index in [1.54, 1.807) is 0 Å². The van der Waals surface area contributed by atoms with Crippen LogP contribution in [0.4, 0.5) is 0 Å². The maximum Gasteiger partial charge on any atom is 0.305 e. The van der Waals surface area contributed by atoms with Crippen molar-refractivity contribution in [1.82, 2.24) is 0 Å². The molecule has 7 heteroatoms. The van der Waals surface area contributed by atoms with E-state index >= 15 is 0 Å². The molecule has 0 spiro atoms. The van der Waals surface area contributed by atoms with E-state index in [9.17, 15) is 4.79 Å². The molecule has 43 heavy (non-hydrogen) atoms. The molecule has 5 rings (SSSR count). The van der Waals surface area contributed by atoms with E-state index in [4.69, 9.17) is 28.4 Å². The smallest absolute Gasteiger partial charge is 0.305 e. The fourth-order valence-electron chi connectivity index (χ4n) is 5.01. The number of ether oxygens (including phenoxy) is 6. The van der Waals surface area contributed by atoms with Gasteiger partial charge in [-0.25, -0.2) is 0 Å². The lowest BCUT2D eigenvalue weighted by Crippen LogP contribution is -2.62. The molecule has 1 fully saturated rings. The van der Waals surface area contributed by atoms with E-state index in [-0.39, 0.29) is 13.2 Å². The molecule has 1 unspecified atom stereocenters. The average Bonchev–Trinajstić information content (AvgIpc) is 3.04. The van der Waals surface area contributed by atoms with Crippen LogP contribution in [0.2, 0.25) is 0 Å². The quantitative estimate of drug-likeness (QED) is 0.163. The number of rotatable bonds is 14. The second-order valence-electron chi connectivity index (χ2n) is 10.4. The molecule has 0 aromatic heterocycles. The standard InChI is InChI=1S/C36H38O7/c1-27(37)42-36-35(41-25-31-20-12-5-13-21-31)34(40-24-30-18-10-4-11-19-30)33(39-23-29-16-8-3-9-17-29)32(43-36)26-38-22-28-14-6-2-7-15-28/h2-21,32-36H,22-26H2,1H3/t32-,33-,34+,35-,36?/m1/s1. The SMILES string of the molecule is CC(=O)OC1O[C@H](COCc2ccccc2)[C@@H](OCc2ccccc2)[C@H](OCc2ccccc2)[C@H]1OCc1ccccc1. The van der Waals surface area contributed by atoms with Gasteiger partial charge in [-0.3, -0.25) is 4.79 Å². The highest BCUT2D eigenvalue weighted by Gasteiger charge is 2.50. The zero-order valence-corrected chi connectivity index (χ0v) is 24.3. The third-order valence-electron chi connectivity index (χ3n) is 7.12. The Labute approximate surface area is 253 Å². The van der Waals surface area contributed by atoms with Crippen LogP contribution in [0.25, 0.3) is 0 Å². The summed E-state index contributed by atoms with van der Waals surface area (Å²) in [6.07, 6.45) is -3.62. The number of hydrogen-bond donors (Lipinski definition) is 0. The molecular formula is C36H38O7. The summed E-state index contributed by atoms with van der Waals surface area (Å²) >= 11 is 0. The first-order valence-electron chi connectivity index (χ1n) is 14.6. The fraction of sp³-hybridized carbons (Fsp3) is 0.306. The number of hydrogen-bond acceptors (Lipinski definition) is 7. The molecule has 4 aromatic carbocycles. The van der Waals surface area contributed by atoms with Crippen LogP contribution >= 0.6 is 0 Å². The Bertz CT molecular complexity index is 1350. The van der Waals surface area contributed by atoms with Crippen molar-refractivity contribution in [3.8, 4) is 0 Å². The average molecular weight is 583 g/mol. The van der Waals surface area contributed by atoms with Crippen molar-refractivity contribution in [3.05, 3.63) is 144 Å². The molecule has 1 aliphatic rings. The lowest BCUT2D eigenvalue weighted by Gasteiger charge is -2.45. The second kappa shape index (κ2) is 16.1. The molecule has 1 heterocycles. The van der Waals surface area contributed by atoms with Gasteiger partial charge < -0.3 is 28.4 Å². The second-order valence-corrected chi connectivity index (χ2v) is 10.4. The van der Waals surface area contributed by atoms with Crippen LogP contribution in [-0.2, 0) is 59.6 Å². The van der Waals surface area contributed by atoms with Gasteiger partial charge in [0, 0.05) is 6.92 Å². The number of esters is 1. The van der Waals surface area contributed by atoms with Gasteiger partial charge in [-0.05, 0) is 22.3 Å². The van der Waals surface area contributed by atoms with Crippen molar-refractivity contribution in [2.24, 2.45) is 0 Å². The maximum atomic E-state index is 12.3. The molecule has 1 saturated heterocycles. The molecule has 0 aliphatic carbocycles. The summed E-state index contributed by atoms with van der Waals surface area (Å²) in [5, 5.41) is 0. The van der Waals surface area contributed by atoms with Crippen LogP contribution in [0.1, 0.15) is 29.2 Å². The Balaban J connectivity index is 1.42. The van der Waals surface area contributed by atoms with Crippen molar-refractivity contribution < 1.29 is 33.2 Å². The van der Waals surface area contributed by atoms with E-state index in [0.717, 1.165) is 22.3 Å². The molecule has 224 valence electrons. The van der Waals surface area contributed by atoms with Crippen LogP contribution in [0.3, 0.4) is 0 Å². The Kier molecular flexibility index (Phi) is 11.5. The van der Waals surface area contributed by atoms with Crippen molar-refractivity contribution in [2.45, 2.75) is 64.1 Å². The zero-order chi connectivity index (χ0) is 29.7. The predicted molar refractivity (Wildman–Crippen MR) is 162 cm³/mol. The third-order valence-corrected chi connectivity index (χ3v) is 7.12. The Morgan fingerprint density at radius 2 is 0.953 bits per heavy atom. The van der Waals surface area contributed by atoms with Crippen LogP contribution in [-0.4, -0.2) is 43.3 Å². The van der Waals surface area contributed by atoms with Crippen LogP contribution in [0, 0.1) is 0 Å². The summed E-state index contributed by atoms with van der Waals surface area (Å²) in [5.41, 5.74) is 4.02. The number of carbonyl (C=O) groups excluding carboxylic acids is 1. The molecule has 1 aliphatic heterocycles. The molecule has 4 aromatic rings. The van der Waals surface area contributed by atoms with Crippen molar-refractivity contribution in [2.75, 3.05) is 6.61 Å². The number of carbonyl (C=O) groups is 1. The maximum absolute atomic E-state index is 12.3. The van der Waals surface area contributed by atoms with Crippen molar-refractivity contribution in [1.29, 1.82) is 0 Å². The largest absolute Gasteiger partial charge is 0.433 e. The minimum absolute atomic E-state index is 0.197. The van der Waals surface area contributed by atoms with Crippen LogP contribution < -0.4 is 0 Å². The van der Waals surface area contributed by atoms with Crippen LogP contribution in [0.15, 0.2) is 121 Å². The minimum Gasteiger partial charge on any atom is -0.433 e. The third kappa shape index (κ3) is 9.32. The summed E-state index contributed by atoms with van der Waals surface area (Å²) in [6, 6.07) is 39.6. The van der Waals surface area contributed by atoms with Gasteiger partial charge in [0.2, 0.25) is 6.29 Å². The van der Waals surface area contributed by atoms with Crippen LogP contribution in [0.5, 0.6) is 0 Å².